The van der Waals surface area contributed by atoms with Crippen LogP contribution in [0.2, 0.25) is 0 Å². The van der Waals surface area contributed by atoms with Gasteiger partial charge in [-0.25, -0.2) is 14.4 Å². The van der Waals surface area contributed by atoms with Crippen molar-refractivity contribution in [2.24, 2.45) is 5.92 Å². The number of epoxide rings is 1. The molecule has 5 heteroatoms. The Labute approximate surface area is 97.5 Å². The molecular weight excluding hydrogens is 223 g/mol. The summed E-state index contributed by atoms with van der Waals surface area (Å²) in [6.07, 6.45) is 7.92. The molecule has 3 atom stereocenters. The molecule has 2 aliphatic rings. The fourth-order valence-corrected chi connectivity index (χ4v) is 2.12. The van der Waals surface area contributed by atoms with Gasteiger partial charge in [-0.05, 0) is 12.1 Å². The van der Waals surface area contributed by atoms with Crippen molar-refractivity contribution in [3.05, 3.63) is 48.3 Å². The van der Waals surface area contributed by atoms with Gasteiger partial charge in [0.25, 0.3) is 0 Å². The Bertz CT molecular complexity index is 483. The Balaban J connectivity index is 1.98. The number of nitrogens with zero attached hydrogens (tertiary/aromatic N) is 2. The lowest BCUT2D eigenvalue weighted by atomic mass is 9.82. The minimum absolute atomic E-state index is 0.149. The quantitative estimate of drug-likeness (QED) is 0.784. The van der Waals surface area contributed by atoms with Gasteiger partial charge in [-0.2, -0.15) is 0 Å². The van der Waals surface area contributed by atoms with E-state index in [0.29, 0.717) is 5.82 Å². The van der Waals surface area contributed by atoms with Crippen LogP contribution in [0.15, 0.2) is 42.5 Å². The highest BCUT2D eigenvalue weighted by Crippen LogP contribution is 2.46. The van der Waals surface area contributed by atoms with Crippen LogP contribution in [-0.4, -0.2) is 27.5 Å². The summed E-state index contributed by atoms with van der Waals surface area (Å²) in [5.41, 5.74) is 0. The van der Waals surface area contributed by atoms with Crippen molar-refractivity contribution in [2.75, 3.05) is 6.61 Å². The first-order valence-corrected chi connectivity index (χ1v) is 5.38. The normalized spacial score (nSPS) is 35.5. The van der Waals surface area contributed by atoms with Crippen molar-refractivity contribution in [1.29, 1.82) is 0 Å². The fourth-order valence-electron chi connectivity index (χ4n) is 2.12. The molecule has 3 rings (SSSR count). The molecule has 0 radical (unpaired) electrons. The Kier molecular flexibility index (Phi) is 2.31. The van der Waals surface area contributed by atoms with Crippen LogP contribution in [0, 0.1) is 5.92 Å². The maximum absolute atomic E-state index is 13.8. The number of hydrogen-bond acceptors (Lipinski definition) is 4. The molecule has 0 bridgehead atoms. The average Bonchev–Trinajstić information content (AvgIpc) is 3.09. The van der Waals surface area contributed by atoms with Crippen LogP contribution in [-0.2, 0) is 4.74 Å². The van der Waals surface area contributed by atoms with Gasteiger partial charge >= 0.3 is 0 Å². The molecule has 1 aromatic rings. The zero-order valence-corrected chi connectivity index (χ0v) is 8.95. The van der Waals surface area contributed by atoms with Gasteiger partial charge in [0.2, 0.25) is 0 Å². The molecule has 3 unspecified atom stereocenters. The van der Waals surface area contributed by atoms with Crippen molar-refractivity contribution in [3.8, 4) is 0 Å². The third-order valence-electron chi connectivity index (χ3n) is 3.04. The van der Waals surface area contributed by atoms with E-state index in [1.807, 2.05) is 0 Å². The van der Waals surface area contributed by atoms with Crippen LogP contribution < -0.4 is 0 Å². The molecule has 17 heavy (non-hydrogen) atoms. The predicted molar refractivity (Wildman–Crippen MR) is 57.5 cm³/mol. The number of halogens is 1. The molecule has 1 saturated heterocycles. The van der Waals surface area contributed by atoms with Gasteiger partial charge in [0.15, 0.2) is 5.79 Å². The Morgan fingerprint density at radius 1 is 1.41 bits per heavy atom. The molecule has 88 valence electrons. The van der Waals surface area contributed by atoms with Crippen LogP contribution in [0.1, 0.15) is 11.7 Å². The predicted octanol–water partition coefficient (Wildman–Crippen LogP) is 1.32. The highest BCUT2D eigenvalue weighted by molar-refractivity contribution is 5.29. The highest BCUT2D eigenvalue weighted by atomic mass is 19.1. The molecule has 1 aromatic heterocycles. The molecule has 2 heterocycles. The zero-order chi connectivity index (χ0) is 11.9. The SMILES string of the molecule is OC1(C2C(F)=CC=CC2c2ncccn2)CO1. The summed E-state index contributed by atoms with van der Waals surface area (Å²) < 4.78 is 18.8. The molecule has 1 aliphatic carbocycles. The standard InChI is InChI=1S/C12H11FN2O2/c13-9-4-1-3-8(10(9)12(16)7-17-12)11-14-5-2-6-15-11/h1-6,8,10,16H,7H2. The largest absolute Gasteiger partial charge is 0.363 e. The van der Waals surface area contributed by atoms with E-state index in [1.165, 1.54) is 6.08 Å². The summed E-state index contributed by atoms with van der Waals surface area (Å²) in [4.78, 5) is 8.21. The van der Waals surface area contributed by atoms with E-state index in [0.717, 1.165) is 0 Å². The Morgan fingerprint density at radius 3 is 2.76 bits per heavy atom. The van der Waals surface area contributed by atoms with Gasteiger partial charge in [0.05, 0.1) is 11.8 Å². The second-order valence-electron chi connectivity index (χ2n) is 4.18. The first kappa shape index (κ1) is 10.6. The van der Waals surface area contributed by atoms with Gasteiger partial charge < -0.3 is 9.84 Å². The number of rotatable bonds is 2. The summed E-state index contributed by atoms with van der Waals surface area (Å²) in [5, 5.41) is 9.96. The monoisotopic (exact) mass is 234 g/mol. The molecule has 1 N–H and O–H groups in total. The number of aliphatic hydroxyl groups is 1. The summed E-state index contributed by atoms with van der Waals surface area (Å²) in [6, 6.07) is 1.69. The zero-order valence-electron chi connectivity index (χ0n) is 8.95. The lowest BCUT2D eigenvalue weighted by molar-refractivity contribution is -0.0174. The lowest BCUT2D eigenvalue weighted by Gasteiger charge is -2.26. The Hall–Kier alpha value is -1.59. The van der Waals surface area contributed by atoms with Crippen molar-refractivity contribution >= 4 is 0 Å². The van der Waals surface area contributed by atoms with E-state index in [9.17, 15) is 9.50 Å². The summed E-state index contributed by atoms with van der Waals surface area (Å²) in [7, 11) is 0. The maximum Gasteiger partial charge on any atom is 0.200 e. The van der Waals surface area contributed by atoms with Crippen LogP contribution in [0.3, 0.4) is 0 Å². The number of aromatic nitrogens is 2. The van der Waals surface area contributed by atoms with Gasteiger partial charge in [-0.1, -0.05) is 12.2 Å². The van der Waals surface area contributed by atoms with Crippen molar-refractivity contribution in [1.82, 2.24) is 9.97 Å². The number of allylic oxidation sites excluding steroid dienone is 3. The molecule has 1 fully saturated rings. The number of hydrogen-bond donors (Lipinski definition) is 1. The van der Waals surface area contributed by atoms with Crippen LogP contribution >= 0.6 is 0 Å². The molecule has 0 saturated carbocycles. The molecular formula is C12H11FN2O2. The first-order valence-electron chi connectivity index (χ1n) is 5.38. The van der Waals surface area contributed by atoms with Gasteiger partial charge in [0, 0.05) is 12.4 Å². The van der Waals surface area contributed by atoms with Crippen LogP contribution in [0.4, 0.5) is 4.39 Å². The third kappa shape index (κ3) is 1.77. The molecule has 4 nitrogen and oxygen atoms in total. The summed E-state index contributed by atoms with van der Waals surface area (Å²) in [6.45, 7) is 0.149. The van der Waals surface area contributed by atoms with E-state index in [1.54, 1.807) is 30.6 Å². The topological polar surface area (TPSA) is 58.5 Å². The second kappa shape index (κ2) is 3.72. The smallest absolute Gasteiger partial charge is 0.200 e. The minimum Gasteiger partial charge on any atom is -0.363 e. The summed E-state index contributed by atoms with van der Waals surface area (Å²) in [5.74, 6) is -2.47. The van der Waals surface area contributed by atoms with E-state index in [2.05, 4.69) is 9.97 Å². The summed E-state index contributed by atoms with van der Waals surface area (Å²) >= 11 is 0. The minimum atomic E-state index is -1.41. The van der Waals surface area contributed by atoms with Gasteiger partial charge in [0.1, 0.15) is 18.3 Å². The molecule has 1 aliphatic heterocycles. The molecule has 0 aromatic carbocycles. The van der Waals surface area contributed by atoms with Gasteiger partial charge in [-0.3, -0.25) is 0 Å². The fraction of sp³-hybridized carbons (Fsp3) is 0.333. The second-order valence-corrected chi connectivity index (χ2v) is 4.18. The molecule has 0 spiro atoms. The molecule has 0 amide bonds. The average molecular weight is 234 g/mol. The Morgan fingerprint density at radius 2 is 2.12 bits per heavy atom. The first-order chi connectivity index (χ1) is 8.21. The van der Waals surface area contributed by atoms with Crippen molar-refractivity contribution < 1.29 is 14.2 Å². The van der Waals surface area contributed by atoms with Crippen LogP contribution in [0.5, 0.6) is 0 Å². The van der Waals surface area contributed by atoms with E-state index in [-0.39, 0.29) is 6.61 Å². The maximum atomic E-state index is 13.8. The third-order valence-corrected chi connectivity index (χ3v) is 3.04. The highest BCUT2D eigenvalue weighted by Gasteiger charge is 2.56. The lowest BCUT2D eigenvalue weighted by Crippen LogP contribution is -2.31. The van der Waals surface area contributed by atoms with E-state index < -0.39 is 23.4 Å². The van der Waals surface area contributed by atoms with Crippen LogP contribution in [0.25, 0.3) is 0 Å². The van der Waals surface area contributed by atoms with Crippen molar-refractivity contribution in [3.63, 3.8) is 0 Å². The van der Waals surface area contributed by atoms with E-state index >= 15 is 0 Å². The van der Waals surface area contributed by atoms with Crippen molar-refractivity contribution in [2.45, 2.75) is 11.7 Å². The van der Waals surface area contributed by atoms with E-state index in [4.69, 9.17) is 4.74 Å². The van der Waals surface area contributed by atoms with Gasteiger partial charge in [-0.15, -0.1) is 0 Å². The number of ether oxygens (including phenoxy) is 1.